The highest BCUT2D eigenvalue weighted by atomic mass is 15.3. The van der Waals surface area contributed by atoms with E-state index in [-0.39, 0.29) is 5.41 Å². The lowest BCUT2D eigenvalue weighted by molar-refractivity contribution is 0.641. The first-order chi connectivity index (χ1) is 13.4. The molecule has 0 atom stereocenters. The van der Waals surface area contributed by atoms with Gasteiger partial charge < -0.3 is 4.90 Å². The number of nitrogens with zero attached hydrogens (tertiary/aromatic N) is 3. The van der Waals surface area contributed by atoms with Gasteiger partial charge in [0.1, 0.15) is 5.82 Å². The van der Waals surface area contributed by atoms with Crippen LogP contribution in [0.15, 0.2) is 65.4 Å². The van der Waals surface area contributed by atoms with Crippen LogP contribution in [0, 0.1) is 13.8 Å². The van der Waals surface area contributed by atoms with Gasteiger partial charge in [-0.1, -0.05) is 44.2 Å². The number of pyridine rings is 1. The van der Waals surface area contributed by atoms with Crippen molar-refractivity contribution in [3.05, 3.63) is 77.0 Å². The summed E-state index contributed by atoms with van der Waals surface area (Å²) in [5, 5.41) is 5.56. The molecule has 0 radical (unpaired) electrons. The maximum absolute atomic E-state index is 4.72. The summed E-state index contributed by atoms with van der Waals surface area (Å²) in [7, 11) is 2.11. The van der Waals surface area contributed by atoms with Crippen molar-refractivity contribution in [2.75, 3.05) is 17.4 Å². The van der Waals surface area contributed by atoms with E-state index in [0.29, 0.717) is 0 Å². The van der Waals surface area contributed by atoms with Crippen molar-refractivity contribution in [2.24, 2.45) is 5.10 Å². The number of allylic oxidation sites excluding steroid dienone is 2. The summed E-state index contributed by atoms with van der Waals surface area (Å²) in [6, 6.07) is 17.0. The van der Waals surface area contributed by atoms with E-state index in [4.69, 9.17) is 4.98 Å². The molecule has 28 heavy (non-hydrogen) atoms. The van der Waals surface area contributed by atoms with Gasteiger partial charge in [0.25, 0.3) is 0 Å². The lowest BCUT2D eigenvalue weighted by atomic mass is 9.84. The largest absolute Gasteiger partial charge is 0.347 e. The van der Waals surface area contributed by atoms with Gasteiger partial charge in [-0.15, -0.1) is 0 Å². The van der Waals surface area contributed by atoms with Gasteiger partial charge >= 0.3 is 0 Å². The summed E-state index contributed by atoms with van der Waals surface area (Å²) in [6.07, 6.45) is 3.90. The monoisotopic (exact) mass is 370 g/mol. The standard InChI is InChI=1S/C24H26N4/c1-16-10-11-18-15-17(2)23(26-20(18)14-16)27-25-13-12-22-24(3,4)19-8-6-7-9-21(19)28(22)5/h6-15H,1-5H3,(H,26,27)/b22-12-,25-13-. The Morgan fingerprint density at radius 3 is 2.64 bits per heavy atom. The van der Waals surface area contributed by atoms with Crippen LogP contribution in [0.5, 0.6) is 0 Å². The third kappa shape index (κ3) is 3.05. The second kappa shape index (κ2) is 6.79. The Morgan fingerprint density at radius 2 is 1.86 bits per heavy atom. The second-order valence-corrected chi connectivity index (χ2v) is 7.99. The normalized spacial score (nSPS) is 16.9. The first-order valence-electron chi connectivity index (χ1n) is 9.59. The minimum atomic E-state index is -0.0496. The third-order valence-electron chi connectivity index (χ3n) is 5.58. The van der Waals surface area contributed by atoms with Crippen molar-refractivity contribution in [3.8, 4) is 0 Å². The van der Waals surface area contributed by atoms with Gasteiger partial charge in [-0.2, -0.15) is 5.10 Å². The topological polar surface area (TPSA) is 40.5 Å². The molecule has 0 saturated carbocycles. The number of aromatic nitrogens is 1. The van der Waals surface area contributed by atoms with E-state index < -0.39 is 0 Å². The molecule has 0 amide bonds. The predicted octanol–water partition coefficient (Wildman–Crippen LogP) is 5.56. The van der Waals surface area contributed by atoms with Crippen LogP contribution in [0.25, 0.3) is 10.9 Å². The van der Waals surface area contributed by atoms with Crippen LogP contribution in [-0.2, 0) is 5.41 Å². The smallest absolute Gasteiger partial charge is 0.149 e. The molecule has 1 aliphatic rings. The number of nitrogens with one attached hydrogen (secondary N) is 1. The lowest BCUT2D eigenvalue weighted by Crippen LogP contribution is -2.23. The fourth-order valence-corrected chi connectivity index (χ4v) is 4.00. The Hall–Kier alpha value is -3.14. The number of likely N-dealkylation sites (N-methyl/N-ethyl adjacent to an activating group) is 1. The average Bonchev–Trinajstić information content (AvgIpc) is 2.86. The van der Waals surface area contributed by atoms with Gasteiger partial charge in [0, 0.05) is 35.4 Å². The van der Waals surface area contributed by atoms with Crippen LogP contribution in [0.2, 0.25) is 0 Å². The Bertz CT molecular complexity index is 1110. The first-order valence-corrected chi connectivity index (χ1v) is 9.59. The Kier molecular flexibility index (Phi) is 4.42. The van der Waals surface area contributed by atoms with Crippen molar-refractivity contribution >= 4 is 28.6 Å². The molecule has 0 saturated heterocycles. The summed E-state index contributed by atoms with van der Waals surface area (Å²) in [5.74, 6) is 0.787. The number of hydrogen-bond acceptors (Lipinski definition) is 4. The molecule has 2 heterocycles. The third-order valence-corrected chi connectivity index (χ3v) is 5.58. The summed E-state index contributed by atoms with van der Waals surface area (Å²) in [4.78, 5) is 6.96. The molecule has 2 aromatic carbocycles. The molecule has 0 aliphatic carbocycles. The van der Waals surface area contributed by atoms with E-state index in [0.717, 1.165) is 22.3 Å². The molecule has 3 aromatic rings. The van der Waals surface area contributed by atoms with Crippen LogP contribution >= 0.6 is 0 Å². The van der Waals surface area contributed by atoms with Gasteiger partial charge in [-0.05, 0) is 54.8 Å². The number of hydrogen-bond donors (Lipinski definition) is 1. The van der Waals surface area contributed by atoms with Crippen molar-refractivity contribution in [2.45, 2.75) is 33.1 Å². The van der Waals surface area contributed by atoms with Gasteiger partial charge in [0.05, 0.1) is 5.52 Å². The zero-order valence-corrected chi connectivity index (χ0v) is 17.1. The van der Waals surface area contributed by atoms with Crippen molar-refractivity contribution in [1.82, 2.24) is 4.98 Å². The number of para-hydroxylation sites is 1. The zero-order valence-electron chi connectivity index (χ0n) is 17.1. The van der Waals surface area contributed by atoms with Crippen LogP contribution in [0.3, 0.4) is 0 Å². The molecule has 4 nitrogen and oxygen atoms in total. The number of hydrazone groups is 1. The average molecular weight is 371 g/mol. The number of fused-ring (bicyclic) bond motifs is 2. The molecule has 0 bridgehead atoms. The predicted molar refractivity (Wildman–Crippen MR) is 119 cm³/mol. The maximum atomic E-state index is 4.72. The van der Waals surface area contributed by atoms with Crippen LogP contribution in [0.4, 0.5) is 11.5 Å². The second-order valence-electron chi connectivity index (χ2n) is 7.99. The molecule has 0 unspecified atom stereocenters. The molecule has 0 spiro atoms. The number of anilines is 2. The van der Waals surface area contributed by atoms with Crippen molar-refractivity contribution in [1.29, 1.82) is 0 Å². The molecular weight excluding hydrogens is 344 g/mol. The fourth-order valence-electron chi connectivity index (χ4n) is 4.00. The highest BCUT2D eigenvalue weighted by Gasteiger charge is 2.37. The number of aryl methyl sites for hydroxylation is 2. The fraction of sp³-hybridized carbons (Fsp3) is 0.250. The van der Waals surface area contributed by atoms with E-state index in [1.54, 1.807) is 0 Å². The van der Waals surface area contributed by atoms with E-state index in [2.05, 4.69) is 97.9 Å². The van der Waals surface area contributed by atoms with Gasteiger partial charge in [-0.25, -0.2) is 4.98 Å². The van der Waals surface area contributed by atoms with Crippen molar-refractivity contribution in [3.63, 3.8) is 0 Å². The zero-order chi connectivity index (χ0) is 19.9. The SMILES string of the molecule is Cc1ccc2cc(C)c(N/N=C\C=C3/N(C)c4ccccc4C3(C)C)nc2c1. The van der Waals surface area contributed by atoms with E-state index in [9.17, 15) is 0 Å². The summed E-state index contributed by atoms with van der Waals surface area (Å²) < 4.78 is 0. The van der Waals surface area contributed by atoms with E-state index in [1.807, 2.05) is 13.1 Å². The molecule has 1 aliphatic heterocycles. The van der Waals surface area contributed by atoms with Crippen molar-refractivity contribution < 1.29 is 0 Å². The van der Waals surface area contributed by atoms with E-state index in [1.165, 1.54) is 22.5 Å². The molecule has 0 fully saturated rings. The summed E-state index contributed by atoms with van der Waals surface area (Å²) in [6.45, 7) is 8.63. The van der Waals surface area contributed by atoms with Crippen LogP contribution in [-0.4, -0.2) is 18.2 Å². The lowest BCUT2D eigenvalue weighted by Gasteiger charge is -2.23. The maximum Gasteiger partial charge on any atom is 0.149 e. The van der Waals surface area contributed by atoms with Gasteiger partial charge in [-0.3, -0.25) is 5.43 Å². The van der Waals surface area contributed by atoms with Gasteiger partial charge in [0.2, 0.25) is 0 Å². The molecule has 1 N–H and O–H groups in total. The highest BCUT2D eigenvalue weighted by molar-refractivity contribution is 5.83. The Labute approximate surface area is 166 Å². The highest BCUT2D eigenvalue weighted by Crippen LogP contribution is 2.46. The molecule has 142 valence electrons. The van der Waals surface area contributed by atoms with Crippen LogP contribution in [0.1, 0.15) is 30.5 Å². The van der Waals surface area contributed by atoms with Crippen LogP contribution < -0.4 is 10.3 Å². The molecule has 4 heteroatoms. The molecule has 1 aromatic heterocycles. The Balaban J connectivity index is 1.58. The molecule has 4 rings (SSSR count). The molecular formula is C24H26N4. The minimum absolute atomic E-state index is 0.0496. The quantitative estimate of drug-likeness (QED) is 0.485. The number of rotatable bonds is 3. The summed E-state index contributed by atoms with van der Waals surface area (Å²) in [5.41, 5.74) is 10.1. The van der Waals surface area contributed by atoms with E-state index >= 15 is 0 Å². The number of benzene rings is 2. The first kappa shape index (κ1) is 18.2. The minimum Gasteiger partial charge on any atom is -0.347 e. The Morgan fingerprint density at radius 1 is 1.07 bits per heavy atom. The summed E-state index contributed by atoms with van der Waals surface area (Å²) >= 11 is 0. The van der Waals surface area contributed by atoms with Gasteiger partial charge in [0.15, 0.2) is 0 Å².